The number of nitrogens with one attached hydrogen (secondary N) is 2. The molecule has 3 N–H and O–H groups in total. The molecule has 1 aromatic carbocycles. The van der Waals surface area contributed by atoms with E-state index in [9.17, 15) is 14.7 Å². The van der Waals surface area contributed by atoms with Crippen LogP contribution >= 0.6 is 0 Å². The Morgan fingerprint density at radius 1 is 1.27 bits per heavy atom. The number of urea groups is 1. The average molecular weight is 301 g/mol. The highest BCUT2D eigenvalue weighted by atomic mass is 16.3. The minimum Gasteiger partial charge on any atom is -0.392 e. The lowest BCUT2D eigenvalue weighted by Crippen LogP contribution is -2.29. The lowest BCUT2D eigenvalue weighted by Gasteiger charge is -2.12. The van der Waals surface area contributed by atoms with Gasteiger partial charge in [-0.3, -0.25) is 4.79 Å². The van der Waals surface area contributed by atoms with Crippen LogP contribution in [0.15, 0.2) is 41.3 Å². The molecule has 0 fully saturated rings. The summed E-state index contributed by atoms with van der Waals surface area (Å²) in [5.74, 6) is 0. The number of carbonyl (C=O) groups is 1. The van der Waals surface area contributed by atoms with E-state index in [1.807, 2.05) is 24.3 Å². The Labute approximate surface area is 128 Å². The van der Waals surface area contributed by atoms with Crippen LogP contribution in [0.2, 0.25) is 0 Å². The van der Waals surface area contributed by atoms with Crippen molar-refractivity contribution in [2.45, 2.75) is 20.1 Å². The van der Waals surface area contributed by atoms with Gasteiger partial charge in [0.1, 0.15) is 0 Å². The third kappa shape index (κ3) is 3.73. The second-order valence-electron chi connectivity index (χ2n) is 5.05. The minimum atomic E-state index is -0.366. The molecule has 0 atom stereocenters. The highest BCUT2D eigenvalue weighted by Gasteiger charge is 2.07. The van der Waals surface area contributed by atoms with Gasteiger partial charge in [-0.15, -0.1) is 0 Å². The van der Waals surface area contributed by atoms with Gasteiger partial charge in [-0.05, 0) is 23.6 Å². The fraction of sp³-hybridized carbons (Fsp3) is 0.250. The summed E-state index contributed by atoms with van der Waals surface area (Å²) in [5.41, 5.74) is 2.79. The molecular formula is C16H19N3O3. The molecule has 0 bridgehead atoms. The molecule has 116 valence electrons. The lowest BCUT2D eigenvalue weighted by atomic mass is 10.1. The van der Waals surface area contributed by atoms with Crippen LogP contribution in [0.4, 0.5) is 10.5 Å². The molecule has 0 unspecified atom stereocenters. The quantitative estimate of drug-likeness (QED) is 0.800. The number of amides is 2. The number of rotatable bonds is 4. The molecule has 22 heavy (non-hydrogen) atoms. The molecule has 0 saturated carbocycles. The van der Waals surface area contributed by atoms with Crippen LogP contribution in [0, 0.1) is 6.92 Å². The van der Waals surface area contributed by atoms with Crippen LogP contribution in [-0.4, -0.2) is 15.7 Å². The normalized spacial score (nSPS) is 10.3. The summed E-state index contributed by atoms with van der Waals surface area (Å²) in [7, 11) is 1.63. The molecule has 0 spiro atoms. The summed E-state index contributed by atoms with van der Waals surface area (Å²) in [5, 5.41) is 14.7. The summed E-state index contributed by atoms with van der Waals surface area (Å²) >= 11 is 0. The molecule has 0 radical (unpaired) electrons. The predicted molar refractivity (Wildman–Crippen MR) is 84.6 cm³/mol. The van der Waals surface area contributed by atoms with Crippen LogP contribution < -0.4 is 16.2 Å². The minimum absolute atomic E-state index is 0.0701. The molecule has 6 nitrogen and oxygen atoms in total. The monoisotopic (exact) mass is 301 g/mol. The number of hydrogen-bond acceptors (Lipinski definition) is 3. The molecule has 1 heterocycles. The van der Waals surface area contributed by atoms with Gasteiger partial charge in [0.25, 0.3) is 5.56 Å². The summed E-state index contributed by atoms with van der Waals surface area (Å²) in [4.78, 5) is 23.4. The van der Waals surface area contributed by atoms with E-state index in [4.69, 9.17) is 0 Å². The number of aliphatic hydroxyl groups excluding tert-OH is 1. The number of aromatic nitrogens is 1. The summed E-state index contributed by atoms with van der Waals surface area (Å²) in [6.45, 7) is 2.00. The Bertz CT molecular complexity index is 738. The molecule has 6 heteroatoms. The smallest absolute Gasteiger partial charge is 0.319 e. The van der Waals surface area contributed by atoms with Crippen LogP contribution in [0.3, 0.4) is 0 Å². The number of hydrogen-bond donors (Lipinski definition) is 3. The van der Waals surface area contributed by atoms with Gasteiger partial charge in [0, 0.05) is 25.9 Å². The van der Waals surface area contributed by atoms with Crippen molar-refractivity contribution in [3.8, 4) is 0 Å². The summed E-state index contributed by atoms with van der Waals surface area (Å²) in [6, 6.07) is 8.45. The van der Waals surface area contributed by atoms with E-state index in [2.05, 4.69) is 10.6 Å². The van der Waals surface area contributed by atoms with Crippen molar-refractivity contribution in [1.82, 2.24) is 9.88 Å². The predicted octanol–water partition coefficient (Wildman–Crippen LogP) is 1.51. The Morgan fingerprint density at radius 2 is 1.95 bits per heavy atom. The first-order chi connectivity index (χ1) is 10.5. The molecule has 0 aliphatic rings. The number of anilines is 1. The van der Waals surface area contributed by atoms with E-state index in [1.165, 1.54) is 10.6 Å². The zero-order valence-corrected chi connectivity index (χ0v) is 12.6. The van der Waals surface area contributed by atoms with Gasteiger partial charge >= 0.3 is 6.03 Å². The zero-order valence-electron chi connectivity index (χ0n) is 12.6. The second kappa shape index (κ2) is 6.91. The average Bonchev–Trinajstić information content (AvgIpc) is 2.51. The van der Waals surface area contributed by atoms with Gasteiger partial charge in [0.15, 0.2) is 0 Å². The van der Waals surface area contributed by atoms with Crippen molar-refractivity contribution in [3.63, 3.8) is 0 Å². The van der Waals surface area contributed by atoms with E-state index < -0.39 is 0 Å². The first-order valence-electron chi connectivity index (χ1n) is 6.91. The fourth-order valence-corrected chi connectivity index (χ4v) is 2.08. The summed E-state index contributed by atoms with van der Waals surface area (Å²) < 4.78 is 1.41. The van der Waals surface area contributed by atoms with Crippen molar-refractivity contribution in [2.24, 2.45) is 7.05 Å². The molecule has 2 amide bonds. The molecular weight excluding hydrogens is 282 g/mol. The van der Waals surface area contributed by atoms with Crippen LogP contribution in [0.1, 0.15) is 16.7 Å². The number of aryl methyl sites for hydroxylation is 2. The van der Waals surface area contributed by atoms with Crippen molar-refractivity contribution in [2.75, 3.05) is 5.32 Å². The third-order valence-electron chi connectivity index (χ3n) is 3.41. The van der Waals surface area contributed by atoms with Crippen LogP contribution in [-0.2, 0) is 20.2 Å². The maximum atomic E-state index is 12.0. The first-order valence-corrected chi connectivity index (χ1v) is 6.91. The van der Waals surface area contributed by atoms with Gasteiger partial charge in [-0.1, -0.05) is 24.3 Å². The molecule has 0 aliphatic heterocycles. The highest BCUT2D eigenvalue weighted by Crippen LogP contribution is 2.11. The van der Waals surface area contributed by atoms with Crippen molar-refractivity contribution >= 4 is 11.7 Å². The zero-order chi connectivity index (χ0) is 16.1. The van der Waals surface area contributed by atoms with Gasteiger partial charge in [-0.25, -0.2) is 4.79 Å². The molecule has 0 saturated heterocycles. The van der Waals surface area contributed by atoms with Crippen molar-refractivity contribution in [1.29, 1.82) is 0 Å². The SMILES string of the molecule is Cc1cc(=O)n(C)cc1NC(=O)NCc1ccccc1CO. The van der Waals surface area contributed by atoms with Crippen molar-refractivity contribution < 1.29 is 9.90 Å². The Morgan fingerprint density at radius 3 is 2.64 bits per heavy atom. The number of benzene rings is 1. The summed E-state index contributed by atoms with van der Waals surface area (Å²) in [6.07, 6.45) is 1.58. The van der Waals surface area contributed by atoms with E-state index in [0.29, 0.717) is 17.8 Å². The van der Waals surface area contributed by atoms with Gasteiger partial charge < -0.3 is 20.3 Å². The number of nitrogens with zero attached hydrogens (tertiary/aromatic N) is 1. The van der Waals surface area contributed by atoms with E-state index >= 15 is 0 Å². The molecule has 2 rings (SSSR count). The highest BCUT2D eigenvalue weighted by molar-refractivity contribution is 5.89. The van der Waals surface area contributed by atoms with E-state index in [1.54, 1.807) is 20.2 Å². The Hall–Kier alpha value is -2.60. The second-order valence-corrected chi connectivity index (χ2v) is 5.05. The Balaban J connectivity index is 2.02. The third-order valence-corrected chi connectivity index (χ3v) is 3.41. The van der Waals surface area contributed by atoms with Gasteiger partial charge in [-0.2, -0.15) is 0 Å². The standard InChI is InChI=1S/C16H19N3O3/c1-11-7-15(21)19(2)9-14(11)18-16(22)17-8-12-5-3-4-6-13(12)10-20/h3-7,9,20H,8,10H2,1-2H3,(H2,17,18,22). The first kappa shape index (κ1) is 15.8. The number of aliphatic hydroxyl groups is 1. The van der Waals surface area contributed by atoms with Crippen LogP contribution in [0.25, 0.3) is 0 Å². The van der Waals surface area contributed by atoms with E-state index in [-0.39, 0.29) is 18.2 Å². The van der Waals surface area contributed by atoms with Gasteiger partial charge in [0.05, 0.1) is 12.3 Å². The molecule has 2 aromatic rings. The molecule has 1 aromatic heterocycles. The Kier molecular flexibility index (Phi) is 4.95. The van der Waals surface area contributed by atoms with Crippen molar-refractivity contribution in [3.05, 3.63) is 63.6 Å². The number of carbonyl (C=O) groups excluding carboxylic acids is 1. The topological polar surface area (TPSA) is 83.4 Å². The maximum absolute atomic E-state index is 12.0. The van der Waals surface area contributed by atoms with Gasteiger partial charge in [0.2, 0.25) is 0 Å². The fourth-order valence-electron chi connectivity index (χ4n) is 2.08. The molecule has 0 aliphatic carbocycles. The van der Waals surface area contributed by atoms with Crippen LogP contribution in [0.5, 0.6) is 0 Å². The largest absolute Gasteiger partial charge is 0.392 e. The van der Waals surface area contributed by atoms with E-state index in [0.717, 1.165) is 11.1 Å². The number of pyridine rings is 1. The maximum Gasteiger partial charge on any atom is 0.319 e. The lowest BCUT2D eigenvalue weighted by molar-refractivity contribution is 0.251.